The van der Waals surface area contributed by atoms with Crippen LogP contribution in [0.4, 0.5) is 0 Å². The van der Waals surface area contributed by atoms with Gasteiger partial charge in [-0.3, -0.25) is 4.79 Å². The van der Waals surface area contributed by atoms with Gasteiger partial charge in [0.1, 0.15) is 11.6 Å². The molecule has 2 rings (SSSR count). The monoisotopic (exact) mass is 325 g/mol. The summed E-state index contributed by atoms with van der Waals surface area (Å²) in [6.45, 7) is 1.92. The number of carbonyl (C=O) groups excluding carboxylic acids is 1. The van der Waals surface area contributed by atoms with Gasteiger partial charge < -0.3 is 0 Å². The number of Topliss-reactive ketones (excluding diaryl/α,β-unsaturated/α-hetero) is 1. The van der Waals surface area contributed by atoms with Crippen LogP contribution in [-0.2, 0) is 0 Å². The van der Waals surface area contributed by atoms with Gasteiger partial charge in [-0.05, 0) is 36.8 Å². The van der Waals surface area contributed by atoms with Gasteiger partial charge in [0.2, 0.25) is 5.78 Å². The number of halogens is 1. The Hall–Kier alpha value is -2.18. The van der Waals surface area contributed by atoms with Gasteiger partial charge in [0, 0.05) is 10.0 Å². The van der Waals surface area contributed by atoms with E-state index in [9.17, 15) is 10.1 Å². The molecule has 0 saturated heterocycles. The normalized spacial score (nSPS) is 10.9. The molecule has 0 aliphatic heterocycles. The zero-order valence-corrected chi connectivity index (χ0v) is 12.5. The van der Waals surface area contributed by atoms with Crippen molar-refractivity contribution in [3.8, 4) is 6.07 Å². The molecule has 0 radical (unpaired) electrons. The summed E-state index contributed by atoms with van der Waals surface area (Å²) in [6, 6.07) is 16.7. The fourth-order valence-corrected chi connectivity index (χ4v) is 2.27. The SMILES string of the molecule is Cc1cccc(C(=O)/C(C#N)=C/c2cccc(Br)c2)c1. The summed E-state index contributed by atoms with van der Waals surface area (Å²) in [7, 11) is 0. The first-order valence-electron chi connectivity index (χ1n) is 6.09. The lowest BCUT2D eigenvalue weighted by atomic mass is 10.0. The molecule has 0 heterocycles. The van der Waals surface area contributed by atoms with Crippen molar-refractivity contribution in [2.75, 3.05) is 0 Å². The van der Waals surface area contributed by atoms with Crippen molar-refractivity contribution < 1.29 is 4.79 Å². The highest BCUT2D eigenvalue weighted by Gasteiger charge is 2.12. The first-order chi connectivity index (χ1) is 9.60. The van der Waals surface area contributed by atoms with Crippen LogP contribution >= 0.6 is 15.9 Å². The second-order valence-electron chi connectivity index (χ2n) is 4.42. The molecule has 98 valence electrons. The number of nitriles is 1. The summed E-state index contributed by atoms with van der Waals surface area (Å²) in [5, 5.41) is 9.21. The molecule has 0 bridgehead atoms. The van der Waals surface area contributed by atoms with Gasteiger partial charge in [-0.1, -0.05) is 51.8 Å². The average Bonchev–Trinajstić information content (AvgIpc) is 2.44. The van der Waals surface area contributed by atoms with Crippen LogP contribution in [0.15, 0.2) is 58.6 Å². The number of rotatable bonds is 3. The predicted molar refractivity (Wildman–Crippen MR) is 83.2 cm³/mol. The van der Waals surface area contributed by atoms with Crippen molar-refractivity contribution in [3.05, 3.63) is 75.3 Å². The van der Waals surface area contributed by atoms with Crippen molar-refractivity contribution in [1.82, 2.24) is 0 Å². The lowest BCUT2D eigenvalue weighted by molar-refractivity contribution is 0.104. The van der Waals surface area contributed by atoms with E-state index < -0.39 is 0 Å². The summed E-state index contributed by atoms with van der Waals surface area (Å²) in [4.78, 5) is 12.3. The molecule has 0 saturated carbocycles. The van der Waals surface area contributed by atoms with Crippen molar-refractivity contribution in [3.63, 3.8) is 0 Å². The number of aryl methyl sites for hydroxylation is 1. The van der Waals surface area contributed by atoms with Crippen LogP contribution < -0.4 is 0 Å². The van der Waals surface area contributed by atoms with Crippen LogP contribution in [0.2, 0.25) is 0 Å². The molecule has 0 unspecified atom stereocenters. The van der Waals surface area contributed by atoms with Crippen molar-refractivity contribution in [2.24, 2.45) is 0 Å². The minimum atomic E-state index is -0.254. The van der Waals surface area contributed by atoms with Gasteiger partial charge in [0.15, 0.2) is 0 Å². The minimum Gasteiger partial charge on any atom is -0.288 e. The predicted octanol–water partition coefficient (Wildman–Crippen LogP) is 4.55. The van der Waals surface area contributed by atoms with Crippen LogP contribution in [0.3, 0.4) is 0 Å². The maximum absolute atomic E-state index is 12.3. The summed E-state index contributed by atoms with van der Waals surface area (Å²) < 4.78 is 0.909. The van der Waals surface area contributed by atoms with E-state index in [1.54, 1.807) is 18.2 Å². The Balaban J connectivity index is 2.38. The van der Waals surface area contributed by atoms with E-state index in [1.807, 2.05) is 49.4 Å². The molecular formula is C17H12BrNO. The minimum absolute atomic E-state index is 0.133. The fourth-order valence-electron chi connectivity index (χ4n) is 1.85. The molecule has 2 nitrogen and oxygen atoms in total. The Morgan fingerprint density at radius 3 is 2.60 bits per heavy atom. The van der Waals surface area contributed by atoms with E-state index in [4.69, 9.17) is 0 Å². The quantitative estimate of drug-likeness (QED) is 0.472. The molecule has 0 aromatic heterocycles. The third-order valence-corrected chi connectivity index (χ3v) is 3.30. The maximum Gasteiger partial charge on any atom is 0.203 e. The first-order valence-corrected chi connectivity index (χ1v) is 6.88. The topological polar surface area (TPSA) is 40.9 Å². The number of hydrogen-bond donors (Lipinski definition) is 0. The van der Waals surface area contributed by atoms with E-state index in [1.165, 1.54) is 0 Å². The zero-order valence-electron chi connectivity index (χ0n) is 10.9. The molecule has 2 aromatic rings. The molecule has 0 N–H and O–H groups in total. The van der Waals surface area contributed by atoms with Gasteiger partial charge in [-0.15, -0.1) is 0 Å². The van der Waals surface area contributed by atoms with Crippen molar-refractivity contribution >= 4 is 27.8 Å². The zero-order chi connectivity index (χ0) is 14.5. The van der Waals surface area contributed by atoms with Crippen LogP contribution in [0.1, 0.15) is 21.5 Å². The van der Waals surface area contributed by atoms with Crippen molar-refractivity contribution in [1.29, 1.82) is 5.26 Å². The number of allylic oxidation sites excluding steroid dienone is 1. The highest BCUT2D eigenvalue weighted by atomic mass is 79.9. The van der Waals surface area contributed by atoms with Gasteiger partial charge in [0.05, 0.1) is 0 Å². The summed E-state index contributed by atoms with van der Waals surface area (Å²) >= 11 is 3.37. The smallest absolute Gasteiger partial charge is 0.203 e. The molecular weight excluding hydrogens is 314 g/mol. The van der Waals surface area contributed by atoms with Gasteiger partial charge in [-0.25, -0.2) is 0 Å². The molecule has 3 heteroatoms. The second kappa shape index (κ2) is 6.31. The van der Waals surface area contributed by atoms with Crippen LogP contribution in [0.5, 0.6) is 0 Å². The van der Waals surface area contributed by atoms with E-state index in [2.05, 4.69) is 15.9 Å². The number of nitrogens with zero attached hydrogens (tertiary/aromatic N) is 1. The van der Waals surface area contributed by atoms with E-state index >= 15 is 0 Å². The molecule has 2 aromatic carbocycles. The number of hydrogen-bond acceptors (Lipinski definition) is 2. The average molecular weight is 326 g/mol. The summed E-state index contributed by atoms with van der Waals surface area (Å²) in [6.07, 6.45) is 1.61. The highest BCUT2D eigenvalue weighted by molar-refractivity contribution is 9.10. The Bertz CT molecular complexity index is 726. The summed E-state index contributed by atoms with van der Waals surface area (Å²) in [5.74, 6) is -0.254. The standard InChI is InChI=1S/C17H12BrNO/c1-12-4-2-6-14(8-12)17(20)15(11-19)9-13-5-3-7-16(18)10-13/h2-10H,1H3/b15-9+. The van der Waals surface area contributed by atoms with Crippen LogP contribution in [0.25, 0.3) is 6.08 Å². The Morgan fingerprint density at radius 1 is 1.20 bits per heavy atom. The molecule has 0 amide bonds. The van der Waals surface area contributed by atoms with Crippen molar-refractivity contribution in [2.45, 2.75) is 6.92 Å². The molecule has 0 atom stereocenters. The lowest BCUT2D eigenvalue weighted by Crippen LogP contribution is -2.02. The van der Waals surface area contributed by atoms with E-state index in [0.29, 0.717) is 5.56 Å². The Kier molecular flexibility index (Phi) is 4.49. The molecule has 0 fully saturated rings. The molecule has 0 aliphatic rings. The lowest BCUT2D eigenvalue weighted by Gasteiger charge is -2.01. The van der Waals surface area contributed by atoms with Gasteiger partial charge in [0.25, 0.3) is 0 Å². The second-order valence-corrected chi connectivity index (χ2v) is 5.34. The third-order valence-electron chi connectivity index (χ3n) is 2.81. The van der Waals surface area contributed by atoms with E-state index in [-0.39, 0.29) is 11.4 Å². The maximum atomic E-state index is 12.3. The summed E-state index contributed by atoms with van der Waals surface area (Å²) in [5.41, 5.74) is 2.48. The molecule has 0 aliphatic carbocycles. The third kappa shape index (κ3) is 3.43. The van der Waals surface area contributed by atoms with Gasteiger partial charge >= 0.3 is 0 Å². The number of ketones is 1. The van der Waals surface area contributed by atoms with Crippen LogP contribution in [-0.4, -0.2) is 5.78 Å². The van der Waals surface area contributed by atoms with Crippen LogP contribution in [0, 0.1) is 18.3 Å². The number of carbonyl (C=O) groups is 1. The van der Waals surface area contributed by atoms with Gasteiger partial charge in [-0.2, -0.15) is 5.26 Å². The Labute approximate surface area is 126 Å². The first kappa shape index (κ1) is 14.2. The largest absolute Gasteiger partial charge is 0.288 e. The van der Waals surface area contributed by atoms with E-state index in [0.717, 1.165) is 15.6 Å². The highest BCUT2D eigenvalue weighted by Crippen LogP contribution is 2.17. The molecule has 0 spiro atoms. The molecule has 20 heavy (non-hydrogen) atoms. The fraction of sp³-hybridized carbons (Fsp3) is 0.0588. The number of benzene rings is 2. The Morgan fingerprint density at radius 2 is 1.95 bits per heavy atom.